The maximum absolute atomic E-state index is 13.5. The molecule has 0 heterocycles. The van der Waals surface area contributed by atoms with E-state index in [0.717, 1.165) is 46.8 Å². The third-order valence-corrected chi connectivity index (χ3v) is 8.69. The van der Waals surface area contributed by atoms with Crippen LogP contribution in [-0.2, 0) is 26.2 Å². The molecule has 38 heavy (non-hydrogen) atoms. The predicted molar refractivity (Wildman–Crippen MR) is 157 cm³/mol. The molecule has 0 bridgehead atoms. The van der Waals surface area contributed by atoms with Gasteiger partial charge in [0, 0.05) is 30.0 Å². The summed E-state index contributed by atoms with van der Waals surface area (Å²) in [5, 5.41) is 3.15. The molecule has 1 saturated carbocycles. The summed E-state index contributed by atoms with van der Waals surface area (Å²) in [6.45, 7) is 6.11. The van der Waals surface area contributed by atoms with Gasteiger partial charge in [0.1, 0.15) is 6.04 Å². The Hall–Kier alpha value is -2.39. The van der Waals surface area contributed by atoms with Crippen molar-refractivity contribution < 1.29 is 18.0 Å². The zero-order valence-electron chi connectivity index (χ0n) is 22.9. The number of benzene rings is 2. The van der Waals surface area contributed by atoms with Gasteiger partial charge in [-0.2, -0.15) is 0 Å². The normalized spacial score (nSPS) is 15.1. The van der Waals surface area contributed by atoms with Crippen LogP contribution in [0.25, 0.3) is 0 Å². The quantitative estimate of drug-likeness (QED) is 0.367. The summed E-state index contributed by atoms with van der Waals surface area (Å²) in [5.41, 5.74) is 3.46. The Morgan fingerprint density at radius 1 is 1.05 bits per heavy atom. The van der Waals surface area contributed by atoms with Gasteiger partial charge in [-0.25, -0.2) is 8.42 Å². The number of hydrogen-bond acceptors (Lipinski definition) is 4. The van der Waals surface area contributed by atoms with Crippen molar-refractivity contribution in [2.75, 3.05) is 17.1 Å². The number of rotatable bonds is 11. The summed E-state index contributed by atoms with van der Waals surface area (Å²) in [6.07, 6.45) is 7.01. The Bertz CT molecular complexity index is 1210. The molecule has 1 aliphatic rings. The lowest BCUT2D eigenvalue weighted by molar-refractivity contribution is -0.141. The lowest BCUT2D eigenvalue weighted by atomic mass is 9.95. The summed E-state index contributed by atoms with van der Waals surface area (Å²) >= 11 is 3.48. The zero-order valence-corrected chi connectivity index (χ0v) is 25.3. The van der Waals surface area contributed by atoms with E-state index in [9.17, 15) is 18.0 Å². The average Bonchev–Trinajstić information content (AvgIpc) is 2.84. The number of nitrogens with zero attached hydrogens (tertiary/aromatic N) is 2. The van der Waals surface area contributed by atoms with E-state index >= 15 is 0 Å². The second kappa shape index (κ2) is 13.6. The van der Waals surface area contributed by atoms with E-state index in [1.807, 2.05) is 56.3 Å². The fourth-order valence-corrected chi connectivity index (χ4v) is 6.48. The van der Waals surface area contributed by atoms with Crippen molar-refractivity contribution in [3.05, 3.63) is 63.6 Å². The van der Waals surface area contributed by atoms with Gasteiger partial charge >= 0.3 is 0 Å². The number of nitrogens with one attached hydrogen (secondary N) is 1. The van der Waals surface area contributed by atoms with E-state index in [1.165, 1.54) is 17.0 Å². The number of sulfonamides is 1. The standard InChI is InChI=1S/C29H40BrN3O4S/c1-21-16-22(2)18-27(17-21)33(38(4,36)37)15-9-14-28(34)32(20-24-10-8-11-25(30)19-24)23(3)29(35)31-26-12-6-5-7-13-26/h8,10-11,16-19,23,26H,5-7,9,12-15,20H2,1-4H3,(H,31,35). The van der Waals surface area contributed by atoms with Crippen LogP contribution in [0.2, 0.25) is 0 Å². The molecule has 1 fully saturated rings. The number of amides is 2. The van der Waals surface area contributed by atoms with Crippen molar-refractivity contribution in [2.24, 2.45) is 0 Å². The first kappa shape index (κ1) is 30.2. The van der Waals surface area contributed by atoms with E-state index in [1.54, 1.807) is 11.8 Å². The maximum atomic E-state index is 13.5. The molecule has 2 aromatic carbocycles. The number of anilines is 1. The molecule has 2 aromatic rings. The van der Waals surface area contributed by atoms with Gasteiger partial charge in [0.05, 0.1) is 11.9 Å². The van der Waals surface area contributed by atoms with Crippen LogP contribution in [0, 0.1) is 13.8 Å². The number of carbonyl (C=O) groups is 2. The minimum absolute atomic E-state index is 0.131. The predicted octanol–water partition coefficient (Wildman–Crippen LogP) is 5.48. The highest BCUT2D eigenvalue weighted by Crippen LogP contribution is 2.23. The summed E-state index contributed by atoms with van der Waals surface area (Å²) < 4.78 is 27.5. The average molecular weight is 607 g/mol. The SMILES string of the molecule is Cc1cc(C)cc(N(CCCC(=O)N(Cc2cccc(Br)c2)C(C)C(=O)NC2CCCCC2)S(C)(=O)=O)c1. The molecule has 2 amide bonds. The van der Waals surface area contributed by atoms with Gasteiger partial charge in [-0.05, 0) is 81.0 Å². The molecule has 0 spiro atoms. The van der Waals surface area contributed by atoms with Crippen molar-refractivity contribution in [1.82, 2.24) is 10.2 Å². The largest absolute Gasteiger partial charge is 0.352 e. The minimum atomic E-state index is -3.53. The Morgan fingerprint density at radius 3 is 2.32 bits per heavy atom. The van der Waals surface area contributed by atoms with Gasteiger partial charge in [-0.15, -0.1) is 0 Å². The van der Waals surface area contributed by atoms with E-state index < -0.39 is 16.1 Å². The highest BCUT2D eigenvalue weighted by molar-refractivity contribution is 9.10. The number of carbonyl (C=O) groups excluding carboxylic acids is 2. The Morgan fingerprint density at radius 2 is 1.71 bits per heavy atom. The van der Waals surface area contributed by atoms with Crippen molar-refractivity contribution >= 4 is 43.5 Å². The molecule has 1 unspecified atom stereocenters. The van der Waals surface area contributed by atoms with Crippen LogP contribution in [0.3, 0.4) is 0 Å². The second-order valence-electron chi connectivity index (χ2n) is 10.5. The number of aryl methyl sites for hydroxylation is 2. The third-order valence-electron chi connectivity index (χ3n) is 7.01. The summed E-state index contributed by atoms with van der Waals surface area (Å²) in [6, 6.07) is 12.9. The summed E-state index contributed by atoms with van der Waals surface area (Å²) in [5.74, 6) is -0.321. The summed E-state index contributed by atoms with van der Waals surface area (Å²) in [7, 11) is -3.53. The van der Waals surface area contributed by atoms with E-state index in [0.29, 0.717) is 18.7 Å². The molecule has 9 heteroatoms. The molecule has 1 atom stereocenters. The van der Waals surface area contributed by atoms with Crippen molar-refractivity contribution in [3.8, 4) is 0 Å². The van der Waals surface area contributed by atoms with Gasteiger partial charge in [0.15, 0.2) is 0 Å². The monoisotopic (exact) mass is 605 g/mol. The molecular formula is C29H40BrN3O4S. The van der Waals surface area contributed by atoms with E-state index in [2.05, 4.69) is 21.2 Å². The van der Waals surface area contributed by atoms with Gasteiger partial charge in [-0.3, -0.25) is 13.9 Å². The first-order chi connectivity index (χ1) is 17.9. The highest BCUT2D eigenvalue weighted by Gasteiger charge is 2.28. The van der Waals surface area contributed by atoms with Crippen LogP contribution < -0.4 is 9.62 Å². The summed E-state index contributed by atoms with van der Waals surface area (Å²) in [4.78, 5) is 28.3. The van der Waals surface area contributed by atoms with Crippen LogP contribution in [0.5, 0.6) is 0 Å². The first-order valence-electron chi connectivity index (χ1n) is 13.3. The minimum Gasteiger partial charge on any atom is -0.352 e. The second-order valence-corrected chi connectivity index (χ2v) is 13.3. The van der Waals surface area contributed by atoms with E-state index in [4.69, 9.17) is 0 Å². The lowest BCUT2D eigenvalue weighted by Crippen LogP contribution is -2.50. The van der Waals surface area contributed by atoms with Crippen molar-refractivity contribution in [3.63, 3.8) is 0 Å². The molecule has 0 aliphatic heterocycles. The Kier molecular flexibility index (Phi) is 10.8. The highest BCUT2D eigenvalue weighted by atomic mass is 79.9. The van der Waals surface area contributed by atoms with Gasteiger partial charge in [0.25, 0.3) is 0 Å². The zero-order chi connectivity index (χ0) is 27.9. The molecule has 208 valence electrons. The fourth-order valence-electron chi connectivity index (χ4n) is 5.08. The molecule has 1 N–H and O–H groups in total. The van der Waals surface area contributed by atoms with Crippen LogP contribution in [0.4, 0.5) is 5.69 Å². The van der Waals surface area contributed by atoms with Crippen LogP contribution in [0.1, 0.15) is 68.6 Å². The van der Waals surface area contributed by atoms with Crippen LogP contribution in [-0.4, -0.2) is 50.0 Å². The van der Waals surface area contributed by atoms with Gasteiger partial charge < -0.3 is 10.2 Å². The van der Waals surface area contributed by atoms with Crippen LogP contribution in [0.15, 0.2) is 46.9 Å². The number of halogens is 1. The molecule has 7 nitrogen and oxygen atoms in total. The topological polar surface area (TPSA) is 86.8 Å². The first-order valence-corrected chi connectivity index (χ1v) is 16.0. The third kappa shape index (κ3) is 8.83. The molecule has 0 saturated heterocycles. The van der Waals surface area contributed by atoms with E-state index in [-0.39, 0.29) is 30.8 Å². The lowest BCUT2D eigenvalue weighted by Gasteiger charge is -2.31. The van der Waals surface area contributed by atoms with Gasteiger partial charge in [-0.1, -0.05) is 53.4 Å². The van der Waals surface area contributed by atoms with Gasteiger partial charge in [0.2, 0.25) is 21.8 Å². The molecule has 3 rings (SSSR count). The molecule has 0 aromatic heterocycles. The van der Waals surface area contributed by atoms with Crippen molar-refractivity contribution in [1.29, 1.82) is 0 Å². The molecular weight excluding hydrogens is 566 g/mol. The molecule has 0 radical (unpaired) electrons. The number of hydrogen-bond donors (Lipinski definition) is 1. The smallest absolute Gasteiger partial charge is 0.242 e. The maximum Gasteiger partial charge on any atom is 0.242 e. The Balaban J connectivity index is 1.73. The van der Waals surface area contributed by atoms with Crippen LogP contribution >= 0.6 is 15.9 Å². The fraction of sp³-hybridized carbons (Fsp3) is 0.517. The Labute approximate surface area is 236 Å². The van der Waals surface area contributed by atoms with Crippen molar-refractivity contribution in [2.45, 2.75) is 84.3 Å². The molecule has 1 aliphatic carbocycles.